The van der Waals surface area contributed by atoms with Crippen molar-refractivity contribution in [3.05, 3.63) is 53.1 Å². The molecule has 2 aromatic carbocycles. The highest BCUT2D eigenvalue weighted by molar-refractivity contribution is 5.89. The van der Waals surface area contributed by atoms with Gasteiger partial charge in [-0.05, 0) is 54.8 Å². The van der Waals surface area contributed by atoms with E-state index in [-0.39, 0.29) is 6.03 Å². The van der Waals surface area contributed by atoms with Gasteiger partial charge in [0.05, 0.1) is 14.2 Å². The molecule has 0 atom stereocenters. The number of aryl methyl sites for hydroxylation is 2. The number of rotatable bonds is 5. The van der Waals surface area contributed by atoms with Gasteiger partial charge >= 0.3 is 6.03 Å². The van der Waals surface area contributed by atoms with E-state index in [2.05, 4.69) is 16.7 Å². The van der Waals surface area contributed by atoms with E-state index < -0.39 is 0 Å². The molecule has 0 saturated heterocycles. The number of methoxy groups -OCH3 is 2. The number of hydrogen-bond donors (Lipinski definition) is 2. The number of ether oxygens (including phenoxy) is 2. The predicted octanol–water partition coefficient (Wildman–Crippen LogP) is 3.64. The lowest BCUT2D eigenvalue weighted by molar-refractivity contribution is 0.251. The lowest BCUT2D eigenvalue weighted by Crippen LogP contribution is -2.28. The maximum atomic E-state index is 12.0. The molecule has 2 aromatic rings. The molecule has 5 nitrogen and oxygen atoms in total. The molecule has 0 aliphatic rings. The minimum absolute atomic E-state index is 0.246. The fourth-order valence-corrected chi connectivity index (χ4v) is 2.40. The quantitative estimate of drug-likeness (QED) is 0.886. The third kappa shape index (κ3) is 4.64. The van der Waals surface area contributed by atoms with Gasteiger partial charge in [0.2, 0.25) is 0 Å². The number of hydrogen-bond acceptors (Lipinski definition) is 3. The number of amides is 2. The number of carbonyl (C=O) groups excluding carboxylic acids is 1. The summed E-state index contributed by atoms with van der Waals surface area (Å²) in [6.45, 7) is 4.40. The van der Waals surface area contributed by atoms with Crippen molar-refractivity contribution in [3.8, 4) is 11.5 Å². The summed E-state index contributed by atoms with van der Waals surface area (Å²) in [5, 5.41) is 5.67. The third-order valence-electron chi connectivity index (χ3n) is 3.38. The van der Waals surface area contributed by atoms with Gasteiger partial charge in [-0.25, -0.2) is 4.79 Å². The van der Waals surface area contributed by atoms with Gasteiger partial charge < -0.3 is 20.1 Å². The van der Waals surface area contributed by atoms with Crippen LogP contribution in [0, 0.1) is 13.8 Å². The molecule has 0 fully saturated rings. The summed E-state index contributed by atoms with van der Waals surface area (Å²) in [6, 6.07) is 11.2. The molecule has 23 heavy (non-hydrogen) atoms. The summed E-state index contributed by atoms with van der Waals surface area (Å²) in [5.74, 6) is 1.30. The van der Waals surface area contributed by atoms with Crippen molar-refractivity contribution in [3.63, 3.8) is 0 Å². The van der Waals surface area contributed by atoms with Crippen LogP contribution in [0.2, 0.25) is 0 Å². The van der Waals surface area contributed by atoms with E-state index in [1.54, 1.807) is 14.2 Å². The molecule has 0 unspecified atom stereocenters. The lowest BCUT2D eigenvalue weighted by atomic mass is 10.1. The molecule has 122 valence electrons. The van der Waals surface area contributed by atoms with Gasteiger partial charge in [-0.3, -0.25) is 0 Å². The van der Waals surface area contributed by atoms with Crippen LogP contribution in [0.5, 0.6) is 11.5 Å². The Bertz CT molecular complexity index is 678. The van der Waals surface area contributed by atoms with Gasteiger partial charge in [0.15, 0.2) is 11.5 Å². The summed E-state index contributed by atoms with van der Waals surface area (Å²) in [5.41, 5.74) is 3.94. The van der Waals surface area contributed by atoms with E-state index in [1.807, 2.05) is 44.2 Å². The maximum Gasteiger partial charge on any atom is 0.319 e. The Kier molecular flexibility index (Phi) is 5.46. The summed E-state index contributed by atoms with van der Waals surface area (Å²) >= 11 is 0. The van der Waals surface area contributed by atoms with E-state index in [0.29, 0.717) is 18.0 Å². The van der Waals surface area contributed by atoms with Crippen molar-refractivity contribution < 1.29 is 14.3 Å². The first-order valence-electron chi connectivity index (χ1n) is 7.36. The van der Waals surface area contributed by atoms with Crippen LogP contribution in [0.15, 0.2) is 36.4 Å². The number of benzene rings is 2. The van der Waals surface area contributed by atoms with Crippen molar-refractivity contribution in [1.82, 2.24) is 5.32 Å². The fourth-order valence-electron chi connectivity index (χ4n) is 2.40. The first-order chi connectivity index (χ1) is 11.0. The summed E-state index contributed by atoms with van der Waals surface area (Å²) in [6.07, 6.45) is 0. The van der Waals surface area contributed by atoms with Gasteiger partial charge in [0.1, 0.15) is 0 Å². The molecule has 0 aliphatic heterocycles. The van der Waals surface area contributed by atoms with Crippen LogP contribution in [0.3, 0.4) is 0 Å². The SMILES string of the molecule is COc1ccc(CNC(=O)Nc2cc(C)cc(C)c2)cc1OC. The van der Waals surface area contributed by atoms with Gasteiger partial charge in [0.25, 0.3) is 0 Å². The normalized spacial score (nSPS) is 10.1. The smallest absolute Gasteiger partial charge is 0.319 e. The van der Waals surface area contributed by atoms with Crippen LogP contribution in [-0.2, 0) is 6.54 Å². The Balaban J connectivity index is 1.96. The minimum atomic E-state index is -0.246. The molecular weight excluding hydrogens is 292 g/mol. The Morgan fingerprint density at radius 3 is 2.22 bits per heavy atom. The number of carbonyl (C=O) groups is 1. The van der Waals surface area contributed by atoms with E-state index in [0.717, 1.165) is 22.4 Å². The Labute approximate surface area is 136 Å². The molecule has 2 rings (SSSR count). The van der Waals surface area contributed by atoms with E-state index in [1.165, 1.54) is 0 Å². The topological polar surface area (TPSA) is 59.6 Å². The Morgan fingerprint density at radius 2 is 1.61 bits per heavy atom. The first kappa shape index (κ1) is 16.7. The van der Waals surface area contributed by atoms with E-state index in [9.17, 15) is 4.79 Å². The second-order valence-electron chi connectivity index (χ2n) is 5.37. The third-order valence-corrected chi connectivity index (χ3v) is 3.38. The molecule has 2 N–H and O–H groups in total. The van der Waals surface area contributed by atoms with Crippen molar-refractivity contribution in [1.29, 1.82) is 0 Å². The lowest BCUT2D eigenvalue weighted by Gasteiger charge is -2.11. The van der Waals surface area contributed by atoms with Crippen molar-refractivity contribution in [2.45, 2.75) is 20.4 Å². The van der Waals surface area contributed by atoms with Crippen LogP contribution < -0.4 is 20.1 Å². The Hall–Kier alpha value is -2.69. The van der Waals surface area contributed by atoms with Crippen LogP contribution >= 0.6 is 0 Å². The standard InChI is InChI=1S/C18H22N2O3/c1-12-7-13(2)9-15(8-12)20-18(21)19-11-14-5-6-16(22-3)17(10-14)23-4/h5-10H,11H2,1-4H3,(H2,19,20,21). The highest BCUT2D eigenvalue weighted by Gasteiger charge is 2.06. The molecular formula is C18H22N2O3. The zero-order valence-electron chi connectivity index (χ0n) is 13.9. The zero-order valence-corrected chi connectivity index (χ0v) is 13.9. The maximum absolute atomic E-state index is 12.0. The molecule has 0 spiro atoms. The largest absolute Gasteiger partial charge is 0.493 e. The van der Waals surface area contributed by atoms with Crippen molar-refractivity contribution >= 4 is 11.7 Å². The van der Waals surface area contributed by atoms with Crippen LogP contribution in [0.1, 0.15) is 16.7 Å². The van der Waals surface area contributed by atoms with Crippen molar-refractivity contribution in [2.24, 2.45) is 0 Å². The molecule has 0 heterocycles. The monoisotopic (exact) mass is 314 g/mol. The molecule has 0 radical (unpaired) electrons. The van der Waals surface area contributed by atoms with Crippen molar-refractivity contribution in [2.75, 3.05) is 19.5 Å². The molecule has 2 amide bonds. The number of anilines is 1. The first-order valence-corrected chi connectivity index (χ1v) is 7.36. The average Bonchev–Trinajstić information content (AvgIpc) is 2.51. The zero-order chi connectivity index (χ0) is 16.8. The van der Waals surface area contributed by atoms with Gasteiger partial charge in [-0.1, -0.05) is 12.1 Å². The number of urea groups is 1. The number of nitrogens with one attached hydrogen (secondary N) is 2. The molecule has 0 aliphatic carbocycles. The Morgan fingerprint density at radius 1 is 0.957 bits per heavy atom. The summed E-state index contributed by atoms with van der Waals surface area (Å²) in [4.78, 5) is 12.0. The molecule has 0 aromatic heterocycles. The van der Waals surface area contributed by atoms with E-state index >= 15 is 0 Å². The second kappa shape index (κ2) is 7.54. The molecule has 5 heteroatoms. The predicted molar refractivity (Wildman–Crippen MR) is 91.3 cm³/mol. The van der Waals surface area contributed by atoms with Gasteiger partial charge in [-0.2, -0.15) is 0 Å². The van der Waals surface area contributed by atoms with Crippen LogP contribution in [-0.4, -0.2) is 20.3 Å². The summed E-state index contributed by atoms with van der Waals surface area (Å²) in [7, 11) is 3.18. The van der Waals surface area contributed by atoms with E-state index in [4.69, 9.17) is 9.47 Å². The molecule has 0 saturated carbocycles. The summed E-state index contributed by atoms with van der Waals surface area (Å²) < 4.78 is 10.4. The highest BCUT2D eigenvalue weighted by atomic mass is 16.5. The van der Waals surface area contributed by atoms with Crippen LogP contribution in [0.25, 0.3) is 0 Å². The average molecular weight is 314 g/mol. The van der Waals surface area contributed by atoms with Crippen LogP contribution in [0.4, 0.5) is 10.5 Å². The van der Waals surface area contributed by atoms with Gasteiger partial charge in [0, 0.05) is 12.2 Å². The minimum Gasteiger partial charge on any atom is -0.493 e. The highest BCUT2D eigenvalue weighted by Crippen LogP contribution is 2.27. The second-order valence-corrected chi connectivity index (χ2v) is 5.37. The molecule has 0 bridgehead atoms. The fraction of sp³-hybridized carbons (Fsp3) is 0.278. The van der Waals surface area contributed by atoms with Gasteiger partial charge in [-0.15, -0.1) is 0 Å².